The van der Waals surface area contributed by atoms with Gasteiger partial charge in [-0.15, -0.1) is 11.3 Å². The Bertz CT molecular complexity index is 373. The number of likely N-dealkylation sites (tertiary alicyclic amines) is 1. The molecule has 0 spiro atoms. The number of thiophene rings is 1. The molecule has 1 aliphatic rings. The van der Waals surface area contributed by atoms with Crippen LogP contribution in [0.3, 0.4) is 0 Å². The zero-order valence-corrected chi connectivity index (χ0v) is 14.9. The Morgan fingerprint density at radius 2 is 2.28 bits per heavy atom. The molecule has 1 saturated heterocycles. The van der Waals surface area contributed by atoms with E-state index in [2.05, 4.69) is 62.0 Å². The van der Waals surface area contributed by atoms with Crippen molar-refractivity contribution >= 4 is 43.2 Å². The molecule has 0 radical (unpaired) electrons. The highest BCUT2D eigenvalue weighted by molar-refractivity contribution is 9.13. The number of hydrogen-bond donors (Lipinski definition) is 1. The molecular formula is C13H20Br2N2S. The van der Waals surface area contributed by atoms with E-state index in [0.29, 0.717) is 6.04 Å². The summed E-state index contributed by atoms with van der Waals surface area (Å²) in [4.78, 5) is 3.96. The van der Waals surface area contributed by atoms with Gasteiger partial charge in [-0.25, -0.2) is 0 Å². The standard InChI is InChI=1S/C13H20Br2N2S/c1-9(2)17-4-3-10(8-17)6-16-7-11-5-12(14)13(15)18-11/h5,9-10,16H,3-4,6-8H2,1-2H3. The van der Waals surface area contributed by atoms with E-state index in [1.807, 2.05) is 0 Å². The first kappa shape index (κ1) is 15.0. The number of hydrogen-bond acceptors (Lipinski definition) is 3. The maximum Gasteiger partial charge on any atom is 0.0843 e. The molecule has 0 aliphatic carbocycles. The predicted octanol–water partition coefficient (Wildman–Crippen LogP) is 4.09. The molecule has 5 heteroatoms. The van der Waals surface area contributed by atoms with Gasteiger partial charge in [-0.3, -0.25) is 0 Å². The highest BCUT2D eigenvalue weighted by Crippen LogP contribution is 2.32. The summed E-state index contributed by atoms with van der Waals surface area (Å²) < 4.78 is 2.35. The molecule has 102 valence electrons. The molecule has 2 heterocycles. The van der Waals surface area contributed by atoms with Gasteiger partial charge in [0.15, 0.2) is 0 Å². The van der Waals surface area contributed by atoms with Crippen LogP contribution in [0.2, 0.25) is 0 Å². The summed E-state index contributed by atoms with van der Waals surface area (Å²) in [5.41, 5.74) is 0. The van der Waals surface area contributed by atoms with Crippen LogP contribution < -0.4 is 5.32 Å². The second kappa shape index (κ2) is 6.84. The summed E-state index contributed by atoms with van der Waals surface area (Å²) in [6.07, 6.45) is 1.34. The first-order valence-corrected chi connectivity index (χ1v) is 8.85. The van der Waals surface area contributed by atoms with Crippen LogP contribution in [-0.4, -0.2) is 30.6 Å². The fourth-order valence-corrected chi connectivity index (χ4v) is 4.52. The quantitative estimate of drug-likeness (QED) is 0.807. The van der Waals surface area contributed by atoms with Crippen LogP contribution in [-0.2, 0) is 6.54 Å². The molecule has 0 bridgehead atoms. The Labute approximate surface area is 130 Å². The van der Waals surface area contributed by atoms with Gasteiger partial charge in [-0.1, -0.05) is 0 Å². The third-order valence-corrected chi connectivity index (χ3v) is 6.73. The van der Waals surface area contributed by atoms with Crippen LogP contribution >= 0.6 is 43.2 Å². The molecule has 1 N–H and O–H groups in total. The van der Waals surface area contributed by atoms with Crippen LogP contribution in [0.25, 0.3) is 0 Å². The first-order chi connectivity index (χ1) is 8.56. The Morgan fingerprint density at radius 3 is 2.83 bits per heavy atom. The van der Waals surface area contributed by atoms with Gasteiger partial charge in [0.1, 0.15) is 0 Å². The van der Waals surface area contributed by atoms with Gasteiger partial charge in [0.25, 0.3) is 0 Å². The molecule has 1 atom stereocenters. The van der Waals surface area contributed by atoms with Crippen molar-refractivity contribution in [1.29, 1.82) is 0 Å². The van der Waals surface area contributed by atoms with Gasteiger partial charge in [0.05, 0.1) is 3.79 Å². The third-order valence-electron chi connectivity index (χ3n) is 3.48. The molecule has 2 rings (SSSR count). The van der Waals surface area contributed by atoms with E-state index in [0.717, 1.165) is 23.5 Å². The van der Waals surface area contributed by atoms with Crippen molar-refractivity contribution in [3.05, 3.63) is 19.2 Å². The lowest BCUT2D eigenvalue weighted by Crippen LogP contribution is -2.30. The number of halogens is 2. The maximum atomic E-state index is 3.59. The monoisotopic (exact) mass is 394 g/mol. The SMILES string of the molecule is CC(C)N1CCC(CNCc2cc(Br)c(Br)s2)C1. The highest BCUT2D eigenvalue weighted by Gasteiger charge is 2.23. The lowest BCUT2D eigenvalue weighted by Gasteiger charge is -2.20. The molecule has 1 aromatic heterocycles. The fourth-order valence-electron chi connectivity index (χ4n) is 2.38. The smallest absolute Gasteiger partial charge is 0.0843 e. The summed E-state index contributed by atoms with van der Waals surface area (Å²) in [6.45, 7) is 9.21. The topological polar surface area (TPSA) is 15.3 Å². The van der Waals surface area contributed by atoms with Crippen LogP contribution in [0.1, 0.15) is 25.1 Å². The number of nitrogens with zero attached hydrogens (tertiary/aromatic N) is 1. The van der Waals surface area contributed by atoms with Crippen LogP contribution in [0.15, 0.2) is 14.3 Å². The Balaban J connectivity index is 1.70. The molecule has 1 unspecified atom stereocenters. The van der Waals surface area contributed by atoms with Crippen LogP contribution in [0, 0.1) is 5.92 Å². The minimum absolute atomic E-state index is 0.694. The second-order valence-corrected chi connectivity index (χ2v) is 8.52. The van der Waals surface area contributed by atoms with E-state index in [1.54, 1.807) is 11.3 Å². The van der Waals surface area contributed by atoms with Crippen molar-refractivity contribution in [2.75, 3.05) is 19.6 Å². The molecular weight excluding hydrogens is 376 g/mol. The molecule has 1 fully saturated rings. The average Bonchev–Trinajstić information content (AvgIpc) is 2.88. The van der Waals surface area contributed by atoms with E-state index >= 15 is 0 Å². The summed E-state index contributed by atoms with van der Waals surface area (Å²) in [7, 11) is 0. The van der Waals surface area contributed by atoms with E-state index in [1.165, 1.54) is 28.2 Å². The van der Waals surface area contributed by atoms with E-state index < -0.39 is 0 Å². The lowest BCUT2D eigenvalue weighted by atomic mass is 10.1. The first-order valence-electron chi connectivity index (χ1n) is 6.44. The molecule has 2 nitrogen and oxygen atoms in total. The molecule has 1 aliphatic heterocycles. The van der Waals surface area contributed by atoms with Gasteiger partial charge in [-0.2, -0.15) is 0 Å². The summed E-state index contributed by atoms with van der Waals surface area (Å²) >= 11 is 8.86. The van der Waals surface area contributed by atoms with E-state index in [9.17, 15) is 0 Å². The average molecular weight is 396 g/mol. The molecule has 0 amide bonds. The second-order valence-electron chi connectivity index (χ2n) is 5.21. The largest absolute Gasteiger partial charge is 0.312 e. The van der Waals surface area contributed by atoms with Crippen molar-refractivity contribution in [2.45, 2.75) is 32.9 Å². The predicted molar refractivity (Wildman–Crippen MR) is 86.2 cm³/mol. The van der Waals surface area contributed by atoms with Crippen LogP contribution in [0.5, 0.6) is 0 Å². The third kappa shape index (κ3) is 4.04. The van der Waals surface area contributed by atoms with Gasteiger partial charge in [0, 0.05) is 28.5 Å². The van der Waals surface area contributed by atoms with Crippen molar-refractivity contribution < 1.29 is 0 Å². The maximum absolute atomic E-state index is 3.59. The lowest BCUT2D eigenvalue weighted by molar-refractivity contribution is 0.264. The summed E-state index contributed by atoms with van der Waals surface area (Å²) in [6, 6.07) is 2.88. The molecule has 0 aromatic carbocycles. The Morgan fingerprint density at radius 1 is 1.50 bits per heavy atom. The van der Waals surface area contributed by atoms with E-state index in [4.69, 9.17) is 0 Å². The highest BCUT2D eigenvalue weighted by atomic mass is 79.9. The normalized spacial score (nSPS) is 21.1. The van der Waals surface area contributed by atoms with Crippen molar-refractivity contribution in [1.82, 2.24) is 10.2 Å². The molecule has 1 aromatic rings. The fraction of sp³-hybridized carbons (Fsp3) is 0.692. The van der Waals surface area contributed by atoms with Crippen molar-refractivity contribution in [3.8, 4) is 0 Å². The Hall–Kier alpha value is 0.580. The Kier molecular flexibility index (Phi) is 5.69. The zero-order valence-electron chi connectivity index (χ0n) is 10.9. The van der Waals surface area contributed by atoms with E-state index in [-0.39, 0.29) is 0 Å². The summed E-state index contributed by atoms with van der Waals surface area (Å²) in [5, 5.41) is 3.59. The van der Waals surface area contributed by atoms with Gasteiger partial charge in [-0.05, 0) is 77.2 Å². The summed E-state index contributed by atoms with van der Waals surface area (Å²) in [5.74, 6) is 0.819. The molecule has 18 heavy (non-hydrogen) atoms. The minimum atomic E-state index is 0.694. The minimum Gasteiger partial charge on any atom is -0.312 e. The van der Waals surface area contributed by atoms with Crippen molar-refractivity contribution in [3.63, 3.8) is 0 Å². The van der Waals surface area contributed by atoms with Gasteiger partial charge in [0.2, 0.25) is 0 Å². The van der Waals surface area contributed by atoms with Gasteiger partial charge < -0.3 is 10.2 Å². The van der Waals surface area contributed by atoms with Crippen molar-refractivity contribution in [2.24, 2.45) is 5.92 Å². The zero-order chi connectivity index (χ0) is 13.1. The van der Waals surface area contributed by atoms with Gasteiger partial charge >= 0.3 is 0 Å². The molecule has 0 saturated carbocycles. The number of rotatable bonds is 5. The number of nitrogens with one attached hydrogen (secondary N) is 1. The van der Waals surface area contributed by atoms with Crippen LogP contribution in [0.4, 0.5) is 0 Å².